The second-order valence-electron chi connectivity index (χ2n) is 4.03. The first kappa shape index (κ1) is 15.4. The van der Waals surface area contributed by atoms with Crippen molar-refractivity contribution in [1.82, 2.24) is 0 Å². The van der Waals surface area contributed by atoms with Gasteiger partial charge in [0.25, 0.3) is 0 Å². The molecule has 0 aliphatic carbocycles. The fourth-order valence-electron chi connectivity index (χ4n) is 1.29. The van der Waals surface area contributed by atoms with E-state index in [1.807, 2.05) is 0 Å². The van der Waals surface area contributed by atoms with E-state index in [9.17, 15) is 8.78 Å². The molecule has 102 valence electrons. The molecule has 4 N–H and O–H groups in total. The van der Waals surface area contributed by atoms with E-state index in [-0.39, 0.29) is 11.6 Å². The van der Waals surface area contributed by atoms with Crippen molar-refractivity contribution >= 4 is 27.3 Å². The minimum absolute atomic E-state index is 0.241. The highest BCUT2D eigenvalue weighted by molar-refractivity contribution is 9.10. The van der Waals surface area contributed by atoms with Crippen molar-refractivity contribution in [2.24, 2.45) is 0 Å². The first-order valence-corrected chi connectivity index (χ1v) is 6.34. The number of hydrogen-bond acceptors (Lipinski definition) is 2. The van der Waals surface area contributed by atoms with Gasteiger partial charge in [-0.05, 0) is 54.0 Å². The van der Waals surface area contributed by atoms with Crippen LogP contribution in [0.1, 0.15) is 11.1 Å². The molecular formula is C14H15BrF2N2. The fraction of sp³-hybridized carbons (Fsp3) is 0.143. The van der Waals surface area contributed by atoms with Crippen LogP contribution in [0.2, 0.25) is 0 Å². The van der Waals surface area contributed by atoms with E-state index >= 15 is 0 Å². The van der Waals surface area contributed by atoms with E-state index < -0.39 is 0 Å². The van der Waals surface area contributed by atoms with Crippen LogP contribution in [0.5, 0.6) is 0 Å². The van der Waals surface area contributed by atoms with Crippen LogP contribution < -0.4 is 11.5 Å². The van der Waals surface area contributed by atoms with Crippen molar-refractivity contribution in [3.05, 3.63) is 57.6 Å². The molecular weight excluding hydrogens is 314 g/mol. The first-order valence-electron chi connectivity index (χ1n) is 5.55. The highest BCUT2D eigenvalue weighted by Gasteiger charge is 2.03. The van der Waals surface area contributed by atoms with Gasteiger partial charge in [-0.3, -0.25) is 0 Å². The average molecular weight is 329 g/mol. The largest absolute Gasteiger partial charge is 0.398 e. The van der Waals surface area contributed by atoms with Crippen molar-refractivity contribution in [2.45, 2.75) is 13.8 Å². The molecule has 0 atom stereocenters. The summed E-state index contributed by atoms with van der Waals surface area (Å²) in [5.74, 6) is -0.519. The molecule has 0 aliphatic rings. The molecule has 2 aromatic rings. The number of hydrogen-bond donors (Lipinski definition) is 2. The molecule has 0 saturated carbocycles. The summed E-state index contributed by atoms with van der Waals surface area (Å²) in [6.07, 6.45) is 0. The predicted octanol–water partition coefficient (Wildman–Crippen LogP) is 4.20. The Morgan fingerprint density at radius 2 is 1.47 bits per heavy atom. The lowest BCUT2D eigenvalue weighted by Crippen LogP contribution is -1.92. The van der Waals surface area contributed by atoms with E-state index in [2.05, 4.69) is 15.9 Å². The molecule has 0 saturated heterocycles. The third-order valence-electron chi connectivity index (χ3n) is 2.69. The Hall–Kier alpha value is -1.62. The smallest absolute Gasteiger partial charge is 0.142 e. The van der Waals surface area contributed by atoms with Gasteiger partial charge in [0, 0.05) is 22.5 Å². The third kappa shape index (κ3) is 3.92. The zero-order chi connectivity index (χ0) is 14.6. The van der Waals surface area contributed by atoms with Crippen molar-refractivity contribution in [3.8, 4) is 0 Å². The van der Waals surface area contributed by atoms with Crippen LogP contribution in [0.15, 0.2) is 34.8 Å². The topological polar surface area (TPSA) is 52.0 Å². The zero-order valence-corrected chi connectivity index (χ0v) is 12.3. The summed E-state index contributed by atoms with van der Waals surface area (Å²) >= 11 is 3.05. The van der Waals surface area contributed by atoms with Crippen LogP contribution in [0, 0.1) is 25.5 Å². The normalized spacial score (nSPS) is 9.74. The third-order valence-corrected chi connectivity index (χ3v) is 3.30. The van der Waals surface area contributed by atoms with E-state index in [4.69, 9.17) is 11.5 Å². The highest BCUT2D eigenvalue weighted by Crippen LogP contribution is 2.22. The minimum atomic E-state index is -0.278. The summed E-state index contributed by atoms with van der Waals surface area (Å²) in [7, 11) is 0. The van der Waals surface area contributed by atoms with Gasteiger partial charge in [-0.2, -0.15) is 0 Å². The second kappa shape index (κ2) is 6.52. The van der Waals surface area contributed by atoms with Gasteiger partial charge in [0.2, 0.25) is 0 Å². The average Bonchev–Trinajstić information content (AvgIpc) is 2.39. The molecule has 5 heteroatoms. The van der Waals surface area contributed by atoms with Crippen LogP contribution in [-0.2, 0) is 0 Å². The van der Waals surface area contributed by atoms with Crippen LogP contribution in [0.25, 0.3) is 0 Å². The molecule has 2 aromatic carbocycles. The Morgan fingerprint density at radius 1 is 0.895 bits per heavy atom. The van der Waals surface area contributed by atoms with Gasteiger partial charge in [0.05, 0.1) is 4.47 Å². The molecule has 0 aliphatic heterocycles. The Balaban J connectivity index is 0.000000191. The van der Waals surface area contributed by atoms with Gasteiger partial charge in [-0.15, -0.1) is 0 Å². The molecule has 0 heterocycles. The molecule has 0 bridgehead atoms. The number of benzene rings is 2. The molecule has 0 spiro atoms. The maximum atomic E-state index is 12.9. The first-order chi connectivity index (χ1) is 8.84. The summed E-state index contributed by atoms with van der Waals surface area (Å²) in [6, 6.07) is 7.93. The van der Waals surface area contributed by atoms with E-state index in [1.54, 1.807) is 38.1 Å². The molecule has 0 amide bonds. The zero-order valence-electron chi connectivity index (χ0n) is 10.7. The second-order valence-corrected chi connectivity index (χ2v) is 4.88. The van der Waals surface area contributed by atoms with Gasteiger partial charge in [-0.25, -0.2) is 8.78 Å². The Labute approximate surface area is 119 Å². The Kier molecular flexibility index (Phi) is 5.30. The van der Waals surface area contributed by atoms with Crippen molar-refractivity contribution in [2.75, 3.05) is 11.5 Å². The highest BCUT2D eigenvalue weighted by atomic mass is 79.9. The van der Waals surface area contributed by atoms with Crippen LogP contribution in [0.3, 0.4) is 0 Å². The maximum Gasteiger partial charge on any atom is 0.142 e. The van der Waals surface area contributed by atoms with E-state index in [0.29, 0.717) is 27.0 Å². The van der Waals surface area contributed by atoms with Gasteiger partial charge < -0.3 is 11.5 Å². The lowest BCUT2D eigenvalue weighted by atomic mass is 10.2. The van der Waals surface area contributed by atoms with Gasteiger partial charge in [0.15, 0.2) is 0 Å². The van der Waals surface area contributed by atoms with Crippen LogP contribution >= 0.6 is 15.9 Å². The molecule has 0 unspecified atom stereocenters. The van der Waals surface area contributed by atoms with Crippen LogP contribution in [0.4, 0.5) is 20.2 Å². The molecule has 0 aromatic heterocycles. The molecule has 2 nitrogen and oxygen atoms in total. The van der Waals surface area contributed by atoms with Crippen molar-refractivity contribution in [1.29, 1.82) is 0 Å². The number of nitrogens with two attached hydrogens (primary N) is 2. The summed E-state index contributed by atoms with van der Waals surface area (Å²) < 4.78 is 25.8. The number of anilines is 2. The number of nitrogen functional groups attached to an aromatic ring is 2. The monoisotopic (exact) mass is 328 g/mol. The lowest BCUT2D eigenvalue weighted by Gasteiger charge is -2.01. The SMILES string of the molecule is Cc1c(N)ccc(Br)c1F.Cc1c(N)cccc1F. The Morgan fingerprint density at radius 3 is 1.95 bits per heavy atom. The lowest BCUT2D eigenvalue weighted by molar-refractivity contribution is 0.613. The molecule has 0 fully saturated rings. The predicted molar refractivity (Wildman–Crippen MR) is 78.8 cm³/mol. The van der Waals surface area contributed by atoms with Gasteiger partial charge >= 0.3 is 0 Å². The molecule has 2 rings (SSSR count). The Bertz CT molecular complexity index is 539. The summed E-state index contributed by atoms with van der Waals surface area (Å²) in [4.78, 5) is 0. The molecule has 19 heavy (non-hydrogen) atoms. The number of rotatable bonds is 0. The fourth-order valence-corrected chi connectivity index (χ4v) is 1.72. The maximum absolute atomic E-state index is 12.9. The quantitative estimate of drug-likeness (QED) is 0.712. The van der Waals surface area contributed by atoms with Crippen molar-refractivity contribution < 1.29 is 8.78 Å². The minimum Gasteiger partial charge on any atom is -0.398 e. The summed E-state index contributed by atoms with van der Waals surface area (Å²) in [5, 5.41) is 0. The van der Waals surface area contributed by atoms with E-state index in [0.717, 1.165) is 0 Å². The van der Waals surface area contributed by atoms with Crippen LogP contribution in [-0.4, -0.2) is 0 Å². The molecule has 0 radical (unpaired) electrons. The standard InChI is InChI=1S/C7H7BrFN.C7H8FN/c1-4-6(10)3-2-5(8)7(4)9;1-5-6(8)3-2-4-7(5)9/h2-3H,10H2,1H3;2-4H,9H2,1H3. The van der Waals surface area contributed by atoms with Crippen molar-refractivity contribution in [3.63, 3.8) is 0 Å². The summed E-state index contributed by atoms with van der Waals surface area (Å²) in [5.41, 5.74) is 12.8. The van der Waals surface area contributed by atoms with E-state index in [1.165, 1.54) is 6.07 Å². The van der Waals surface area contributed by atoms with Gasteiger partial charge in [0.1, 0.15) is 11.6 Å². The summed E-state index contributed by atoms with van der Waals surface area (Å²) in [6.45, 7) is 3.31. The van der Waals surface area contributed by atoms with Gasteiger partial charge in [-0.1, -0.05) is 6.07 Å². The number of halogens is 3.